The van der Waals surface area contributed by atoms with E-state index in [9.17, 15) is 9.90 Å². The number of carbonyl (C=O) groups excluding carboxylic acids is 1. The van der Waals surface area contributed by atoms with E-state index in [-0.39, 0.29) is 11.7 Å². The molecular weight excluding hydrogens is 240 g/mol. The molecule has 0 aromatic heterocycles. The summed E-state index contributed by atoms with van der Waals surface area (Å²) in [4.78, 5) is 16.6. The fourth-order valence-corrected chi connectivity index (χ4v) is 2.82. The SMILES string of the molecule is CN1CCN(C(=O)C2CC2c2ccc(O)cc2)CC1. The molecule has 4 heteroatoms. The molecule has 2 fully saturated rings. The third-order valence-electron chi connectivity index (χ3n) is 4.24. The number of carbonyl (C=O) groups is 1. The van der Waals surface area contributed by atoms with Crippen molar-refractivity contribution in [3.63, 3.8) is 0 Å². The van der Waals surface area contributed by atoms with Gasteiger partial charge in [0.05, 0.1) is 0 Å². The van der Waals surface area contributed by atoms with E-state index in [1.807, 2.05) is 17.0 Å². The highest BCUT2D eigenvalue weighted by Crippen LogP contribution is 2.48. The van der Waals surface area contributed by atoms with Crippen LogP contribution in [0, 0.1) is 5.92 Å². The minimum absolute atomic E-state index is 0.160. The summed E-state index contributed by atoms with van der Waals surface area (Å²) in [5, 5.41) is 9.28. The van der Waals surface area contributed by atoms with Crippen molar-refractivity contribution in [2.75, 3.05) is 33.2 Å². The Bertz CT molecular complexity index is 464. The molecule has 2 unspecified atom stereocenters. The summed E-state index contributed by atoms with van der Waals surface area (Å²) >= 11 is 0. The highest BCUT2D eigenvalue weighted by Gasteiger charge is 2.45. The molecule has 0 spiro atoms. The predicted molar refractivity (Wildman–Crippen MR) is 73.0 cm³/mol. The average Bonchev–Trinajstić information content (AvgIpc) is 3.20. The smallest absolute Gasteiger partial charge is 0.226 e. The fourth-order valence-electron chi connectivity index (χ4n) is 2.82. The van der Waals surface area contributed by atoms with Crippen LogP contribution in [0.4, 0.5) is 0 Å². The van der Waals surface area contributed by atoms with Crippen LogP contribution in [0.25, 0.3) is 0 Å². The van der Waals surface area contributed by atoms with Gasteiger partial charge in [-0.3, -0.25) is 4.79 Å². The largest absolute Gasteiger partial charge is 0.508 e. The molecule has 3 rings (SSSR count). The van der Waals surface area contributed by atoms with E-state index in [0.717, 1.165) is 32.6 Å². The summed E-state index contributed by atoms with van der Waals surface area (Å²) in [6.07, 6.45) is 0.954. The minimum atomic E-state index is 0.160. The van der Waals surface area contributed by atoms with Gasteiger partial charge in [0.15, 0.2) is 0 Å². The number of likely N-dealkylation sites (N-methyl/N-ethyl adjacent to an activating group) is 1. The van der Waals surface area contributed by atoms with Gasteiger partial charge in [-0.1, -0.05) is 12.1 Å². The number of phenolic OH excluding ortho intramolecular Hbond substituents is 1. The maximum atomic E-state index is 12.4. The molecule has 1 amide bonds. The number of phenols is 1. The number of piperazine rings is 1. The van der Waals surface area contributed by atoms with Gasteiger partial charge in [-0.25, -0.2) is 0 Å². The van der Waals surface area contributed by atoms with Crippen LogP contribution in [0.15, 0.2) is 24.3 Å². The summed E-state index contributed by atoms with van der Waals surface area (Å²) in [5.74, 6) is 1.11. The molecule has 1 aromatic rings. The van der Waals surface area contributed by atoms with Gasteiger partial charge in [0.2, 0.25) is 5.91 Å². The Balaban J connectivity index is 1.60. The molecule has 1 N–H and O–H groups in total. The fraction of sp³-hybridized carbons (Fsp3) is 0.533. The van der Waals surface area contributed by atoms with Crippen LogP contribution in [0.5, 0.6) is 5.75 Å². The van der Waals surface area contributed by atoms with Crippen LogP contribution in [0.3, 0.4) is 0 Å². The second-order valence-corrected chi connectivity index (χ2v) is 5.67. The molecule has 102 valence electrons. The normalized spacial score (nSPS) is 27.3. The van der Waals surface area contributed by atoms with Gasteiger partial charge in [-0.2, -0.15) is 0 Å². The standard InChI is InChI=1S/C15H20N2O2/c1-16-6-8-17(9-7-16)15(19)14-10-13(14)11-2-4-12(18)5-3-11/h2-5,13-14,18H,6-10H2,1H3. The third-order valence-corrected chi connectivity index (χ3v) is 4.24. The number of hydrogen-bond donors (Lipinski definition) is 1. The maximum absolute atomic E-state index is 12.4. The first kappa shape index (κ1) is 12.5. The number of amides is 1. The van der Waals surface area contributed by atoms with Crippen molar-refractivity contribution in [3.8, 4) is 5.75 Å². The van der Waals surface area contributed by atoms with Crippen LogP contribution in [0.1, 0.15) is 17.9 Å². The van der Waals surface area contributed by atoms with E-state index in [2.05, 4.69) is 11.9 Å². The van der Waals surface area contributed by atoms with Crippen LogP contribution in [0.2, 0.25) is 0 Å². The Morgan fingerprint density at radius 3 is 2.42 bits per heavy atom. The monoisotopic (exact) mass is 260 g/mol. The highest BCUT2D eigenvalue weighted by atomic mass is 16.3. The van der Waals surface area contributed by atoms with Crippen molar-refractivity contribution in [3.05, 3.63) is 29.8 Å². The highest BCUT2D eigenvalue weighted by molar-refractivity contribution is 5.83. The van der Waals surface area contributed by atoms with Crippen LogP contribution < -0.4 is 0 Å². The summed E-state index contributed by atoms with van der Waals surface area (Å²) in [7, 11) is 2.10. The quantitative estimate of drug-likeness (QED) is 0.871. The van der Waals surface area contributed by atoms with E-state index in [1.165, 1.54) is 5.56 Å². The average molecular weight is 260 g/mol. The molecule has 0 bridgehead atoms. The zero-order valence-corrected chi connectivity index (χ0v) is 11.2. The van der Waals surface area contributed by atoms with Gasteiger partial charge in [0.1, 0.15) is 5.75 Å². The molecule has 1 saturated heterocycles. The molecule has 2 aliphatic rings. The topological polar surface area (TPSA) is 43.8 Å². The second kappa shape index (κ2) is 4.85. The summed E-state index contributed by atoms with van der Waals surface area (Å²) in [6, 6.07) is 7.25. The third kappa shape index (κ3) is 2.59. The van der Waals surface area contributed by atoms with Crippen molar-refractivity contribution in [1.29, 1.82) is 0 Å². The maximum Gasteiger partial charge on any atom is 0.226 e. The molecule has 1 aliphatic carbocycles. The summed E-state index contributed by atoms with van der Waals surface area (Å²) in [6.45, 7) is 3.66. The first-order valence-corrected chi connectivity index (χ1v) is 6.91. The lowest BCUT2D eigenvalue weighted by molar-refractivity contribution is -0.134. The van der Waals surface area contributed by atoms with Gasteiger partial charge >= 0.3 is 0 Å². The Labute approximate surface area is 113 Å². The van der Waals surface area contributed by atoms with Gasteiger partial charge in [0.25, 0.3) is 0 Å². The van der Waals surface area contributed by atoms with Crippen LogP contribution in [-0.4, -0.2) is 54.0 Å². The van der Waals surface area contributed by atoms with E-state index in [0.29, 0.717) is 11.8 Å². The first-order valence-electron chi connectivity index (χ1n) is 6.91. The van der Waals surface area contributed by atoms with Crippen molar-refractivity contribution in [2.24, 2.45) is 5.92 Å². The molecule has 1 aliphatic heterocycles. The van der Waals surface area contributed by atoms with E-state index in [4.69, 9.17) is 0 Å². The molecule has 1 aromatic carbocycles. The number of benzene rings is 1. The van der Waals surface area contributed by atoms with Crippen molar-refractivity contribution >= 4 is 5.91 Å². The number of aromatic hydroxyl groups is 1. The second-order valence-electron chi connectivity index (χ2n) is 5.67. The van der Waals surface area contributed by atoms with E-state index >= 15 is 0 Å². The number of rotatable bonds is 2. The molecule has 1 saturated carbocycles. The molecule has 4 nitrogen and oxygen atoms in total. The first-order chi connectivity index (χ1) is 9.15. The minimum Gasteiger partial charge on any atom is -0.508 e. The molecule has 19 heavy (non-hydrogen) atoms. The van der Waals surface area contributed by atoms with Crippen LogP contribution >= 0.6 is 0 Å². The Morgan fingerprint density at radius 1 is 1.16 bits per heavy atom. The zero-order chi connectivity index (χ0) is 13.4. The number of nitrogens with zero attached hydrogens (tertiary/aromatic N) is 2. The lowest BCUT2D eigenvalue weighted by Gasteiger charge is -2.32. The van der Waals surface area contributed by atoms with E-state index in [1.54, 1.807) is 12.1 Å². The summed E-state index contributed by atoms with van der Waals surface area (Å²) in [5.41, 5.74) is 1.17. The molecule has 1 heterocycles. The van der Waals surface area contributed by atoms with Gasteiger partial charge < -0.3 is 14.9 Å². The van der Waals surface area contributed by atoms with Gasteiger partial charge in [0, 0.05) is 32.1 Å². The van der Waals surface area contributed by atoms with Crippen LogP contribution in [-0.2, 0) is 4.79 Å². The Kier molecular flexibility index (Phi) is 3.19. The summed E-state index contributed by atoms with van der Waals surface area (Å²) < 4.78 is 0. The molecular formula is C15H20N2O2. The van der Waals surface area contributed by atoms with E-state index < -0.39 is 0 Å². The number of hydrogen-bond acceptors (Lipinski definition) is 3. The van der Waals surface area contributed by atoms with Crippen molar-refractivity contribution in [1.82, 2.24) is 9.80 Å². The van der Waals surface area contributed by atoms with Crippen molar-refractivity contribution in [2.45, 2.75) is 12.3 Å². The Hall–Kier alpha value is -1.55. The van der Waals surface area contributed by atoms with Crippen molar-refractivity contribution < 1.29 is 9.90 Å². The van der Waals surface area contributed by atoms with Gasteiger partial charge in [-0.15, -0.1) is 0 Å². The predicted octanol–water partition coefficient (Wildman–Crippen LogP) is 1.27. The molecule has 2 atom stereocenters. The Morgan fingerprint density at radius 2 is 1.79 bits per heavy atom. The zero-order valence-electron chi connectivity index (χ0n) is 11.2. The lowest BCUT2D eigenvalue weighted by Crippen LogP contribution is -2.47. The lowest BCUT2D eigenvalue weighted by atomic mass is 10.1. The van der Waals surface area contributed by atoms with Gasteiger partial charge in [-0.05, 0) is 37.1 Å². The molecule has 0 radical (unpaired) electrons.